The number of fused-ring (bicyclic) bond motifs is 1. The lowest BCUT2D eigenvalue weighted by Gasteiger charge is -2.28. The van der Waals surface area contributed by atoms with E-state index in [1.807, 2.05) is 22.6 Å². The van der Waals surface area contributed by atoms with Gasteiger partial charge in [0.25, 0.3) is 5.91 Å². The predicted molar refractivity (Wildman–Crippen MR) is 90.6 cm³/mol. The number of thiophene rings is 1. The Hall–Kier alpha value is -2.12. The van der Waals surface area contributed by atoms with Crippen LogP contribution in [-0.2, 0) is 13.0 Å². The maximum absolute atomic E-state index is 12.7. The Morgan fingerprint density at radius 1 is 1.30 bits per heavy atom. The molecule has 0 spiro atoms. The van der Waals surface area contributed by atoms with E-state index in [4.69, 9.17) is 0 Å². The molecule has 0 aromatic carbocycles. The summed E-state index contributed by atoms with van der Waals surface area (Å²) in [7, 11) is 0. The molecule has 116 valence electrons. The van der Waals surface area contributed by atoms with Crippen LogP contribution in [0.15, 0.2) is 28.5 Å². The highest BCUT2D eigenvalue weighted by molar-refractivity contribution is 7.09. The SMILES string of the molecule is Cc1nc(C(=O)N2CCc3ncnc(-c4ccsc4)c3C2)cs1. The molecule has 5 nitrogen and oxygen atoms in total. The summed E-state index contributed by atoms with van der Waals surface area (Å²) in [6.45, 7) is 3.12. The van der Waals surface area contributed by atoms with Crippen LogP contribution in [0.3, 0.4) is 0 Å². The average Bonchev–Trinajstić information content (AvgIpc) is 3.24. The highest BCUT2D eigenvalue weighted by Gasteiger charge is 2.26. The van der Waals surface area contributed by atoms with E-state index < -0.39 is 0 Å². The van der Waals surface area contributed by atoms with Gasteiger partial charge in [0.2, 0.25) is 0 Å². The number of hydrogen-bond acceptors (Lipinski definition) is 6. The van der Waals surface area contributed by atoms with Crippen molar-refractivity contribution in [3.05, 3.63) is 50.5 Å². The van der Waals surface area contributed by atoms with Crippen LogP contribution in [0.1, 0.15) is 26.8 Å². The predicted octanol–water partition coefficient (Wildman–Crippen LogP) is 3.17. The molecule has 0 bridgehead atoms. The highest BCUT2D eigenvalue weighted by atomic mass is 32.1. The third kappa shape index (κ3) is 2.66. The topological polar surface area (TPSA) is 59.0 Å². The summed E-state index contributed by atoms with van der Waals surface area (Å²) in [4.78, 5) is 27.7. The molecule has 23 heavy (non-hydrogen) atoms. The highest BCUT2D eigenvalue weighted by Crippen LogP contribution is 2.29. The summed E-state index contributed by atoms with van der Waals surface area (Å²) < 4.78 is 0. The monoisotopic (exact) mass is 342 g/mol. The standard InChI is InChI=1S/C16H14N4OS2/c1-10-19-14(8-23-10)16(21)20-4-2-13-12(6-20)15(18-9-17-13)11-3-5-22-7-11/h3,5,7-9H,2,4,6H2,1H3. The largest absolute Gasteiger partial charge is 0.332 e. The van der Waals surface area contributed by atoms with E-state index in [2.05, 4.69) is 26.4 Å². The lowest BCUT2D eigenvalue weighted by Crippen LogP contribution is -2.37. The van der Waals surface area contributed by atoms with Crippen LogP contribution in [0.2, 0.25) is 0 Å². The Morgan fingerprint density at radius 2 is 2.22 bits per heavy atom. The fourth-order valence-corrected chi connectivity index (χ4v) is 4.01. The summed E-state index contributed by atoms with van der Waals surface area (Å²) in [5.41, 5.74) is 4.65. The van der Waals surface area contributed by atoms with E-state index in [0.29, 0.717) is 18.8 Å². The second-order valence-corrected chi connectivity index (χ2v) is 7.23. The van der Waals surface area contributed by atoms with Crippen LogP contribution in [0.4, 0.5) is 0 Å². The normalized spacial score (nSPS) is 13.9. The van der Waals surface area contributed by atoms with Gasteiger partial charge in [-0.3, -0.25) is 4.79 Å². The van der Waals surface area contributed by atoms with Gasteiger partial charge in [0.1, 0.15) is 12.0 Å². The lowest BCUT2D eigenvalue weighted by molar-refractivity contribution is 0.0728. The Balaban J connectivity index is 1.67. The molecule has 0 saturated carbocycles. The van der Waals surface area contributed by atoms with Gasteiger partial charge >= 0.3 is 0 Å². The second-order valence-electron chi connectivity index (χ2n) is 5.39. The first kappa shape index (κ1) is 14.5. The first-order valence-electron chi connectivity index (χ1n) is 7.29. The Labute approximate surface area is 141 Å². The summed E-state index contributed by atoms with van der Waals surface area (Å²) in [6, 6.07) is 2.05. The van der Waals surface area contributed by atoms with Gasteiger partial charge in [-0.05, 0) is 18.4 Å². The minimum atomic E-state index is -0.0138. The van der Waals surface area contributed by atoms with Crippen molar-refractivity contribution >= 4 is 28.6 Å². The molecule has 3 aromatic heterocycles. The molecule has 4 heterocycles. The molecule has 0 aliphatic carbocycles. The van der Waals surface area contributed by atoms with Crippen molar-refractivity contribution in [1.29, 1.82) is 0 Å². The van der Waals surface area contributed by atoms with Crippen LogP contribution in [0, 0.1) is 6.92 Å². The molecule has 3 aromatic rings. The van der Waals surface area contributed by atoms with Crippen molar-refractivity contribution in [2.45, 2.75) is 19.9 Å². The number of carbonyl (C=O) groups excluding carboxylic acids is 1. The van der Waals surface area contributed by atoms with Crippen molar-refractivity contribution < 1.29 is 4.79 Å². The van der Waals surface area contributed by atoms with Crippen molar-refractivity contribution in [3.63, 3.8) is 0 Å². The molecule has 1 amide bonds. The molecular formula is C16H14N4OS2. The van der Waals surface area contributed by atoms with Crippen LogP contribution in [0.25, 0.3) is 11.3 Å². The van der Waals surface area contributed by atoms with E-state index in [-0.39, 0.29) is 5.91 Å². The number of aromatic nitrogens is 3. The van der Waals surface area contributed by atoms with Crippen LogP contribution in [0.5, 0.6) is 0 Å². The fraction of sp³-hybridized carbons (Fsp3) is 0.250. The molecule has 0 radical (unpaired) electrons. The van der Waals surface area contributed by atoms with E-state index in [1.165, 1.54) is 11.3 Å². The van der Waals surface area contributed by atoms with Gasteiger partial charge in [0, 0.05) is 41.4 Å². The molecule has 0 saturated heterocycles. The molecule has 4 rings (SSSR count). The Morgan fingerprint density at radius 3 is 2.96 bits per heavy atom. The smallest absolute Gasteiger partial charge is 0.273 e. The zero-order valence-corrected chi connectivity index (χ0v) is 14.2. The summed E-state index contributed by atoms with van der Waals surface area (Å²) in [5, 5.41) is 6.85. The average molecular weight is 342 g/mol. The van der Waals surface area contributed by atoms with Gasteiger partial charge in [-0.25, -0.2) is 15.0 Å². The number of rotatable bonds is 2. The zero-order valence-electron chi connectivity index (χ0n) is 12.5. The molecule has 1 aliphatic rings. The molecule has 0 atom stereocenters. The number of hydrogen-bond donors (Lipinski definition) is 0. The van der Waals surface area contributed by atoms with E-state index in [1.54, 1.807) is 17.7 Å². The maximum Gasteiger partial charge on any atom is 0.273 e. The van der Waals surface area contributed by atoms with Crippen LogP contribution < -0.4 is 0 Å². The van der Waals surface area contributed by atoms with E-state index in [9.17, 15) is 4.79 Å². The quantitative estimate of drug-likeness (QED) is 0.718. The van der Waals surface area contributed by atoms with Gasteiger partial charge in [-0.1, -0.05) is 0 Å². The fourth-order valence-electron chi connectivity index (χ4n) is 2.79. The summed E-state index contributed by atoms with van der Waals surface area (Å²) in [5.74, 6) is -0.0138. The zero-order chi connectivity index (χ0) is 15.8. The van der Waals surface area contributed by atoms with Crippen molar-refractivity contribution in [2.75, 3.05) is 6.54 Å². The van der Waals surface area contributed by atoms with Gasteiger partial charge in [0.15, 0.2) is 0 Å². The van der Waals surface area contributed by atoms with Gasteiger partial charge in [-0.15, -0.1) is 11.3 Å². The van der Waals surface area contributed by atoms with E-state index >= 15 is 0 Å². The molecule has 7 heteroatoms. The number of carbonyl (C=O) groups is 1. The maximum atomic E-state index is 12.7. The molecule has 0 N–H and O–H groups in total. The molecular weight excluding hydrogens is 328 g/mol. The summed E-state index contributed by atoms with van der Waals surface area (Å²) in [6.07, 6.45) is 2.37. The molecule has 0 unspecified atom stereocenters. The summed E-state index contributed by atoms with van der Waals surface area (Å²) >= 11 is 3.14. The molecule has 0 fully saturated rings. The van der Waals surface area contributed by atoms with Crippen molar-refractivity contribution in [1.82, 2.24) is 19.9 Å². The first-order chi connectivity index (χ1) is 11.2. The minimum Gasteiger partial charge on any atom is -0.332 e. The number of aryl methyl sites for hydroxylation is 1. The van der Waals surface area contributed by atoms with Crippen LogP contribution in [-0.4, -0.2) is 32.3 Å². The Bertz CT molecular complexity index is 857. The van der Waals surface area contributed by atoms with E-state index in [0.717, 1.165) is 33.9 Å². The first-order valence-corrected chi connectivity index (χ1v) is 9.11. The number of nitrogens with zero attached hydrogens (tertiary/aromatic N) is 4. The third-order valence-electron chi connectivity index (χ3n) is 3.92. The van der Waals surface area contributed by atoms with Crippen molar-refractivity contribution in [2.24, 2.45) is 0 Å². The number of thiazole rings is 1. The Kier molecular flexibility index (Phi) is 3.66. The second kappa shape index (κ2) is 5.82. The van der Waals surface area contributed by atoms with Gasteiger partial charge in [-0.2, -0.15) is 11.3 Å². The van der Waals surface area contributed by atoms with Gasteiger partial charge < -0.3 is 4.90 Å². The minimum absolute atomic E-state index is 0.0138. The van der Waals surface area contributed by atoms with Crippen LogP contribution >= 0.6 is 22.7 Å². The van der Waals surface area contributed by atoms with Crippen molar-refractivity contribution in [3.8, 4) is 11.3 Å². The van der Waals surface area contributed by atoms with Gasteiger partial charge in [0.05, 0.1) is 16.4 Å². The molecule has 1 aliphatic heterocycles. The third-order valence-corrected chi connectivity index (χ3v) is 5.38. The number of amides is 1. The lowest BCUT2D eigenvalue weighted by atomic mass is 10.0.